The predicted molar refractivity (Wildman–Crippen MR) is 68.3 cm³/mol. The van der Waals surface area contributed by atoms with Crippen molar-refractivity contribution in [2.75, 3.05) is 13.1 Å². The van der Waals surface area contributed by atoms with Gasteiger partial charge in [0, 0.05) is 5.92 Å². The molecule has 1 aliphatic heterocycles. The van der Waals surface area contributed by atoms with E-state index in [0.717, 1.165) is 31.5 Å². The highest BCUT2D eigenvalue weighted by Crippen LogP contribution is 2.24. The molecule has 0 atom stereocenters. The summed E-state index contributed by atoms with van der Waals surface area (Å²) in [6, 6.07) is 6.47. The summed E-state index contributed by atoms with van der Waals surface area (Å²) >= 11 is 0. The van der Waals surface area contributed by atoms with Crippen molar-refractivity contribution in [2.45, 2.75) is 25.2 Å². The molecule has 0 bridgehead atoms. The van der Waals surface area contributed by atoms with Gasteiger partial charge in [0.05, 0.1) is 6.42 Å². The summed E-state index contributed by atoms with van der Waals surface area (Å²) in [7, 11) is 0. The van der Waals surface area contributed by atoms with E-state index in [-0.39, 0.29) is 5.82 Å². The van der Waals surface area contributed by atoms with Crippen LogP contribution in [-0.4, -0.2) is 23.3 Å². The average molecular weight is 261 g/mol. The SMILES string of the molecule is Fc1cccc(Cc2nnc(C3CCNCC3)o2)c1. The highest BCUT2D eigenvalue weighted by atomic mass is 19.1. The van der Waals surface area contributed by atoms with Crippen LogP contribution >= 0.6 is 0 Å². The summed E-state index contributed by atoms with van der Waals surface area (Å²) in [6.45, 7) is 1.98. The van der Waals surface area contributed by atoms with E-state index < -0.39 is 0 Å². The quantitative estimate of drug-likeness (QED) is 0.920. The molecule has 100 valence electrons. The summed E-state index contributed by atoms with van der Waals surface area (Å²) in [4.78, 5) is 0. The number of benzene rings is 1. The normalized spacial score (nSPS) is 16.7. The molecule has 0 radical (unpaired) electrons. The Hall–Kier alpha value is -1.75. The van der Waals surface area contributed by atoms with E-state index in [1.807, 2.05) is 6.07 Å². The predicted octanol–water partition coefficient (Wildman–Crippen LogP) is 2.27. The second-order valence-corrected chi connectivity index (χ2v) is 4.87. The maximum absolute atomic E-state index is 13.1. The van der Waals surface area contributed by atoms with Crippen molar-refractivity contribution in [3.05, 3.63) is 47.4 Å². The standard InChI is InChI=1S/C14H16FN3O/c15-12-3-1-2-10(8-12)9-13-17-18-14(19-13)11-4-6-16-7-5-11/h1-3,8,11,16H,4-7,9H2. The molecule has 19 heavy (non-hydrogen) atoms. The van der Waals surface area contributed by atoms with Crippen molar-refractivity contribution < 1.29 is 8.81 Å². The molecule has 1 saturated heterocycles. The first-order chi connectivity index (χ1) is 9.31. The molecule has 0 amide bonds. The Morgan fingerprint density at radius 3 is 2.89 bits per heavy atom. The minimum absolute atomic E-state index is 0.240. The van der Waals surface area contributed by atoms with Gasteiger partial charge in [0.2, 0.25) is 11.8 Å². The summed E-state index contributed by atoms with van der Waals surface area (Å²) < 4.78 is 18.8. The van der Waals surface area contributed by atoms with Gasteiger partial charge in [0.25, 0.3) is 0 Å². The third kappa shape index (κ3) is 2.98. The molecule has 4 nitrogen and oxygen atoms in total. The topological polar surface area (TPSA) is 51.0 Å². The Kier molecular flexibility index (Phi) is 3.55. The van der Waals surface area contributed by atoms with E-state index in [2.05, 4.69) is 15.5 Å². The number of aromatic nitrogens is 2. The third-order valence-electron chi connectivity index (χ3n) is 3.42. The minimum atomic E-state index is -0.240. The third-order valence-corrected chi connectivity index (χ3v) is 3.42. The second kappa shape index (κ2) is 5.48. The first kappa shape index (κ1) is 12.3. The van der Waals surface area contributed by atoms with Gasteiger partial charge in [-0.05, 0) is 43.6 Å². The molecule has 1 fully saturated rings. The summed E-state index contributed by atoms with van der Waals surface area (Å²) in [5, 5.41) is 11.5. The molecular weight excluding hydrogens is 245 g/mol. The largest absolute Gasteiger partial charge is 0.425 e. The lowest BCUT2D eigenvalue weighted by molar-refractivity contribution is 0.363. The Bertz CT molecular complexity index is 549. The molecule has 3 rings (SSSR count). The van der Waals surface area contributed by atoms with Crippen LogP contribution in [0.1, 0.15) is 36.1 Å². The van der Waals surface area contributed by atoms with Crippen molar-refractivity contribution in [1.82, 2.24) is 15.5 Å². The zero-order valence-corrected chi connectivity index (χ0v) is 10.6. The Morgan fingerprint density at radius 2 is 2.11 bits per heavy atom. The van der Waals surface area contributed by atoms with E-state index in [0.29, 0.717) is 24.1 Å². The van der Waals surface area contributed by atoms with Gasteiger partial charge in [-0.15, -0.1) is 10.2 Å². The van der Waals surface area contributed by atoms with Crippen LogP contribution in [0.2, 0.25) is 0 Å². The lowest BCUT2D eigenvalue weighted by atomic mass is 9.98. The number of hydrogen-bond acceptors (Lipinski definition) is 4. The first-order valence-electron chi connectivity index (χ1n) is 6.59. The molecule has 1 aromatic heterocycles. The maximum Gasteiger partial charge on any atom is 0.220 e. The van der Waals surface area contributed by atoms with Crippen LogP contribution in [0.4, 0.5) is 4.39 Å². The van der Waals surface area contributed by atoms with Gasteiger partial charge in [0.15, 0.2) is 0 Å². The fourth-order valence-corrected chi connectivity index (χ4v) is 2.39. The van der Waals surface area contributed by atoms with E-state index in [4.69, 9.17) is 4.42 Å². The molecular formula is C14H16FN3O. The highest BCUT2D eigenvalue weighted by molar-refractivity contribution is 5.19. The first-order valence-corrected chi connectivity index (χ1v) is 6.59. The zero-order chi connectivity index (χ0) is 13.1. The Labute approximate surface area is 111 Å². The highest BCUT2D eigenvalue weighted by Gasteiger charge is 2.21. The lowest BCUT2D eigenvalue weighted by Crippen LogP contribution is -2.26. The van der Waals surface area contributed by atoms with Gasteiger partial charge < -0.3 is 9.73 Å². The smallest absolute Gasteiger partial charge is 0.220 e. The second-order valence-electron chi connectivity index (χ2n) is 4.87. The summed E-state index contributed by atoms with van der Waals surface area (Å²) in [6.07, 6.45) is 2.54. The molecule has 0 unspecified atom stereocenters. The number of nitrogens with zero attached hydrogens (tertiary/aromatic N) is 2. The van der Waals surface area contributed by atoms with Crippen molar-refractivity contribution in [1.29, 1.82) is 0 Å². The molecule has 5 heteroatoms. The van der Waals surface area contributed by atoms with Crippen LogP contribution in [0.25, 0.3) is 0 Å². The van der Waals surface area contributed by atoms with Crippen LogP contribution in [0.15, 0.2) is 28.7 Å². The van der Waals surface area contributed by atoms with Gasteiger partial charge in [-0.3, -0.25) is 0 Å². The van der Waals surface area contributed by atoms with Crippen molar-refractivity contribution >= 4 is 0 Å². The monoisotopic (exact) mass is 261 g/mol. The Morgan fingerprint density at radius 1 is 1.26 bits per heavy atom. The fourth-order valence-electron chi connectivity index (χ4n) is 2.39. The molecule has 0 spiro atoms. The number of nitrogens with one attached hydrogen (secondary N) is 1. The fraction of sp³-hybridized carbons (Fsp3) is 0.429. The van der Waals surface area contributed by atoms with Crippen molar-refractivity contribution in [3.63, 3.8) is 0 Å². The molecule has 2 aromatic rings. The van der Waals surface area contributed by atoms with E-state index in [9.17, 15) is 4.39 Å². The van der Waals surface area contributed by atoms with Crippen LogP contribution in [0, 0.1) is 5.82 Å². The average Bonchev–Trinajstić information content (AvgIpc) is 2.88. The van der Waals surface area contributed by atoms with E-state index in [1.165, 1.54) is 12.1 Å². The van der Waals surface area contributed by atoms with Crippen molar-refractivity contribution in [3.8, 4) is 0 Å². The molecule has 1 aromatic carbocycles. The molecule has 2 heterocycles. The maximum atomic E-state index is 13.1. The van der Waals surface area contributed by atoms with E-state index in [1.54, 1.807) is 6.07 Å². The van der Waals surface area contributed by atoms with Gasteiger partial charge >= 0.3 is 0 Å². The van der Waals surface area contributed by atoms with Gasteiger partial charge in [-0.25, -0.2) is 4.39 Å². The molecule has 1 aliphatic rings. The number of halogens is 1. The summed E-state index contributed by atoms with van der Waals surface area (Å²) in [5.74, 6) is 1.39. The van der Waals surface area contributed by atoms with Gasteiger partial charge in [0.1, 0.15) is 5.82 Å². The number of piperidine rings is 1. The summed E-state index contributed by atoms with van der Waals surface area (Å²) in [5.41, 5.74) is 0.848. The van der Waals surface area contributed by atoms with E-state index >= 15 is 0 Å². The number of rotatable bonds is 3. The molecule has 1 N–H and O–H groups in total. The molecule has 0 saturated carbocycles. The number of hydrogen-bond donors (Lipinski definition) is 1. The lowest BCUT2D eigenvalue weighted by Gasteiger charge is -2.18. The Balaban J connectivity index is 1.70. The van der Waals surface area contributed by atoms with Crippen molar-refractivity contribution in [2.24, 2.45) is 0 Å². The molecule has 0 aliphatic carbocycles. The minimum Gasteiger partial charge on any atom is -0.425 e. The van der Waals surface area contributed by atoms with Gasteiger partial charge in [-0.1, -0.05) is 12.1 Å². The van der Waals surface area contributed by atoms with Crippen LogP contribution < -0.4 is 5.32 Å². The van der Waals surface area contributed by atoms with Crippen LogP contribution in [-0.2, 0) is 6.42 Å². The zero-order valence-electron chi connectivity index (χ0n) is 10.6. The van der Waals surface area contributed by atoms with Gasteiger partial charge in [-0.2, -0.15) is 0 Å². The van der Waals surface area contributed by atoms with Crippen LogP contribution in [0.5, 0.6) is 0 Å². The van der Waals surface area contributed by atoms with Crippen LogP contribution in [0.3, 0.4) is 0 Å².